The molecule has 0 fully saturated rings. The number of unbranched alkanes of at least 4 members (excludes halogenated alkanes) is 1. The Morgan fingerprint density at radius 1 is 1.53 bits per heavy atom. The van der Waals surface area contributed by atoms with Crippen molar-refractivity contribution < 1.29 is 4.74 Å². The first-order chi connectivity index (χ1) is 7.24. The number of aromatic nitrogens is 3. The van der Waals surface area contributed by atoms with Crippen molar-refractivity contribution in [2.45, 2.75) is 45.2 Å². The molecule has 0 aliphatic rings. The van der Waals surface area contributed by atoms with E-state index in [-0.39, 0.29) is 6.10 Å². The molecule has 1 rings (SSSR count). The Hall–Kier alpha value is -0.610. The van der Waals surface area contributed by atoms with Crippen LogP contribution in [0, 0.1) is 0 Å². The van der Waals surface area contributed by atoms with Crippen molar-refractivity contribution in [1.82, 2.24) is 15.0 Å². The van der Waals surface area contributed by atoms with Crippen LogP contribution >= 0.6 is 11.6 Å². The molecule has 0 spiro atoms. The summed E-state index contributed by atoms with van der Waals surface area (Å²) in [5.74, 6) is 0.384. The van der Waals surface area contributed by atoms with E-state index in [1.807, 2.05) is 11.6 Å². The van der Waals surface area contributed by atoms with E-state index < -0.39 is 0 Å². The van der Waals surface area contributed by atoms with Gasteiger partial charge in [-0.25, -0.2) is 4.68 Å². The number of nitrogens with zero attached hydrogens (tertiary/aromatic N) is 3. The van der Waals surface area contributed by atoms with Gasteiger partial charge in [0.2, 0.25) is 0 Å². The third kappa shape index (κ3) is 2.92. The predicted octanol–water partition coefficient (Wildman–Crippen LogP) is 2.52. The van der Waals surface area contributed by atoms with Gasteiger partial charge in [0.15, 0.2) is 0 Å². The molecule has 4 nitrogen and oxygen atoms in total. The average Bonchev–Trinajstić information content (AvgIpc) is 2.68. The SMILES string of the molecule is CCCCn1nnc(CCl)c1C(C)OC. The molecule has 1 unspecified atom stereocenters. The van der Waals surface area contributed by atoms with Crippen molar-refractivity contribution in [3.8, 4) is 0 Å². The van der Waals surface area contributed by atoms with Crippen molar-refractivity contribution in [3.63, 3.8) is 0 Å². The molecule has 0 amide bonds. The van der Waals surface area contributed by atoms with E-state index in [2.05, 4.69) is 17.2 Å². The van der Waals surface area contributed by atoms with Gasteiger partial charge in [0.05, 0.1) is 17.7 Å². The van der Waals surface area contributed by atoms with Crippen LogP contribution in [0.5, 0.6) is 0 Å². The Bertz CT molecular complexity index is 301. The molecule has 1 aromatic heterocycles. The molecular weight excluding hydrogens is 214 g/mol. The number of halogens is 1. The van der Waals surface area contributed by atoms with Gasteiger partial charge in [-0.05, 0) is 13.3 Å². The second-order valence-electron chi connectivity index (χ2n) is 3.51. The zero-order chi connectivity index (χ0) is 11.3. The van der Waals surface area contributed by atoms with Gasteiger partial charge in [0.25, 0.3) is 0 Å². The largest absolute Gasteiger partial charge is 0.375 e. The van der Waals surface area contributed by atoms with Crippen molar-refractivity contribution in [2.75, 3.05) is 7.11 Å². The van der Waals surface area contributed by atoms with E-state index in [0.717, 1.165) is 30.8 Å². The summed E-state index contributed by atoms with van der Waals surface area (Å²) in [6.45, 7) is 5.01. The number of hydrogen-bond acceptors (Lipinski definition) is 3. The minimum Gasteiger partial charge on any atom is -0.375 e. The molecule has 1 atom stereocenters. The normalized spacial score (nSPS) is 13.1. The maximum Gasteiger partial charge on any atom is 0.103 e. The van der Waals surface area contributed by atoms with Crippen molar-refractivity contribution in [2.24, 2.45) is 0 Å². The fourth-order valence-corrected chi connectivity index (χ4v) is 1.67. The molecule has 15 heavy (non-hydrogen) atoms. The van der Waals surface area contributed by atoms with Gasteiger partial charge in [0, 0.05) is 13.7 Å². The Morgan fingerprint density at radius 2 is 2.27 bits per heavy atom. The average molecular weight is 232 g/mol. The molecule has 1 heterocycles. The van der Waals surface area contributed by atoms with Gasteiger partial charge in [-0.2, -0.15) is 0 Å². The zero-order valence-electron chi connectivity index (χ0n) is 9.53. The molecule has 0 saturated carbocycles. The number of ether oxygens (including phenoxy) is 1. The summed E-state index contributed by atoms with van der Waals surface area (Å²) in [5.41, 5.74) is 1.82. The lowest BCUT2D eigenvalue weighted by molar-refractivity contribution is 0.110. The summed E-state index contributed by atoms with van der Waals surface area (Å²) in [6.07, 6.45) is 2.22. The molecule has 5 heteroatoms. The minimum atomic E-state index is -0.00870. The fourth-order valence-electron chi connectivity index (χ4n) is 1.48. The van der Waals surface area contributed by atoms with E-state index in [1.54, 1.807) is 7.11 Å². The third-order valence-corrected chi connectivity index (χ3v) is 2.69. The maximum absolute atomic E-state index is 5.81. The van der Waals surface area contributed by atoms with Crippen molar-refractivity contribution >= 4 is 11.6 Å². The number of hydrogen-bond donors (Lipinski definition) is 0. The van der Waals surface area contributed by atoms with Gasteiger partial charge >= 0.3 is 0 Å². The van der Waals surface area contributed by atoms with Crippen LogP contribution in [0.1, 0.15) is 44.2 Å². The van der Waals surface area contributed by atoms with Crippen LogP contribution in [-0.2, 0) is 17.2 Å². The smallest absolute Gasteiger partial charge is 0.103 e. The number of aryl methyl sites for hydroxylation is 1. The molecule has 0 N–H and O–H groups in total. The molecule has 1 aromatic rings. The molecule has 0 saturated heterocycles. The van der Waals surface area contributed by atoms with Crippen LogP contribution in [0.2, 0.25) is 0 Å². The number of alkyl halides is 1. The lowest BCUT2D eigenvalue weighted by atomic mass is 10.2. The van der Waals surface area contributed by atoms with Crippen LogP contribution in [-0.4, -0.2) is 22.1 Å². The van der Waals surface area contributed by atoms with Crippen LogP contribution in [0.15, 0.2) is 0 Å². The van der Waals surface area contributed by atoms with Gasteiger partial charge in [0.1, 0.15) is 5.69 Å². The highest BCUT2D eigenvalue weighted by atomic mass is 35.5. The Balaban J connectivity index is 2.89. The molecule has 0 aromatic carbocycles. The summed E-state index contributed by atoms with van der Waals surface area (Å²) in [7, 11) is 1.68. The topological polar surface area (TPSA) is 39.9 Å². The van der Waals surface area contributed by atoms with E-state index in [4.69, 9.17) is 16.3 Å². The molecule has 0 aliphatic carbocycles. The highest BCUT2D eigenvalue weighted by Gasteiger charge is 2.17. The first-order valence-electron chi connectivity index (χ1n) is 5.25. The van der Waals surface area contributed by atoms with Crippen LogP contribution in [0.3, 0.4) is 0 Å². The lowest BCUT2D eigenvalue weighted by Crippen LogP contribution is -2.10. The maximum atomic E-state index is 5.81. The van der Waals surface area contributed by atoms with Crippen LogP contribution < -0.4 is 0 Å². The Labute approximate surface area is 95.6 Å². The van der Waals surface area contributed by atoms with E-state index in [0.29, 0.717) is 5.88 Å². The van der Waals surface area contributed by atoms with Gasteiger partial charge in [-0.15, -0.1) is 16.7 Å². The molecule has 86 valence electrons. The van der Waals surface area contributed by atoms with Crippen molar-refractivity contribution in [3.05, 3.63) is 11.4 Å². The quantitative estimate of drug-likeness (QED) is 0.707. The third-order valence-electron chi connectivity index (χ3n) is 2.44. The van der Waals surface area contributed by atoms with Crippen LogP contribution in [0.25, 0.3) is 0 Å². The van der Waals surface area contributed by atoms with Crippen LogP contribution in [0.4, 0.5) is 0 Å². The second kappa shape index (κ2) is 6.08. The molecular formula is C10H18ClN3O. The fraction of sp³-hybridized carbons (Fsp3) is 0.800. The second-order valence-corrected chi connectivity index (χ2v) is 3.78. The molecule has 0 bridgehead atoms. The standard InChI is InChI=1S/C10H18ClN3O/c1-4-5-6-14-10(8(2)15-3)9(7-11)12-13-14/h8H,4-7H2,1-3H3. The Morgan fingerprint density at radius 3 is 2.80 bits per heavy atom. The van der Waals surface area contributed by atoms with Crippen molar-refractivity contribution in [1.29, 1.82) is 0 Å². The number of methoxy groups -OCH3 is 1. The van der Waals surface area contributed by atoms with Gasteiger partial charge in [-0.1, -0.05) is 18.6 Å². The van der Waals surface area contributed by atoms with E-state index in [9.17, 15) is 0 Å². The Kier molecular flexibility index (Phi) is 5.05. The first kappa shape index (κ1) is 12.5. The zero-order valence-corrected chi connectivity index (χ0v) is 10.3. The summed E-state index contributed by atoms with van der Waals surface area (Å²) in [6, 6.07) is 0. The molecule has 0 aliphatic heterocycles. The summed E-state index contributed by atoms with van der Waals surface area (Å²) >= 11 is 5.81. The lowest BCUT2D eigenvalue weighted by Gasteiger charge is -2.12. The minimum absolute atomic E-state index is 0.00870. The summed E-state index contributed by atoms with van der Waals surface area (Å²) < 4.78 is 7.20. The summed E-state index contributed by atoms with van der Waals surface area (Å²) in [4.78, 5) is 0. The van der Waals surface area contributed by atoms with E-state index in [1.165, 1.54) is 0 Å². The number of rotatable bonds is 6. The highest BCUT2D eigenvalue weighted by molar-refractivity contribution is 6.16. The van der Waals surface area contributed by atoms with E-state index >= 15 is 0 Å². The first-order valence-corrected chi connectivity index (χ1v) is 5.79. The molecule has 0 radical (unpaired) electrons. The predicted molar refractivity (Wildman–Crippen MR) is 59.9 cm³/mol. The van der Waals surface area contributed by atoms with Gasteiger partial charge < -0.3 is 4.74 Å². The monoisotopic (exact) mass is 231 g/mol. The highest BCUT2D eigenvalue weighted by Crippen LogP contribution is 2.20. The summed E-state index contributed by atoms with van der Waals surface area (Å²) in [5, 5.41) is 8.15. The van der Waals surface area contributed by atoms with Gasteiger partial charge in [-0.3, -0.25) is 0 Å².